The molecule has 32 heavy (non-hydrogen) atoms. The summed E-state index contributed by atoms with van der Waals surface area (Å²) in [4.78, 5) is 35.1. The summed E-state index contributed by atoms with van der Waals surface area (Å²) in [6.45, 7) is 8.49. The number of nitrogens with one attached hydrogen (secondary N) is 1. The number of rotatable bonds is 5. The van der Waals surface area contributed by atoms with Crippen molar-refractivity contribution in [2.75, 3.05) is 39.0 Å². The molecule has 0 radical (unpaired) electrons. The van der Waals surface area contributed by atoms with Gasteiger partial charge in [0.15, 0.2) is 5.13 Å². The van der Waals surface area contributed by atoms with Crippen LogP contribution in [0.1, 0.15) is 62.9 Å². The highest BCUT2D eigenvalue weighted by atomic mass is 32.1. The summed E-state index contributed by atoms with van der Waals surface area (Å²) in [5.74, 6) is 0.132. The van der Waals surface area contributed by atoms with Gasteiger partial charge in [-0.1, -0.05) is 20.8 Å². The molecule has 2 aliphatic carbocycles. The van der Waals surface area contributed by atoms with Crippen molar-refractivity contribution in [2.24, 2.45) is 23.2 Å². The first-order valence-electron chi connectivity index (χ1n) is 12.0. The van der Waals surface area contributed by atoms with Gasteiger partial charge in [0.25, 0.3) is 0 Å². The van der Waals surface area contributed by atoms with E-state index < -0.39 is 6.10 Å². The molecule has 0 bridgehead atoms. The third-order valence-electron chi connectivity index (χ3n) is 8.08. The Kier molecular flexibility index (Phi) is 6.67. The monoisotopic (exact) mass is 462 g/mol. The van der Waals surface area contributed by atoms with Gasteiger partial charge in [-0.25, -0.2) is 4.98 Å². The van der Waals surface area contributed by atoms with E-state index in [1.54, 1.807) is 11.3 Å². The molecular weight excluding hydrogens is 424 g/mol. The number of likely N-dealkylation sites (N-methyl/N-ethyl adjacent to an activating group) is 1. The van der Waals surface area contributed by atoms with Crippen LogP contribution in [0.5, 0.6) is 0 Å². The molecule has 1 saturated heterocycles. The van der Waals surface area contributed by atoms with E-state index in [0.29, 0.717) is 11.7 Å². The van der Waals surface area contributed by atoms with Crippen molar-refractivity contribution in [3.8, 4) is 0 Å². The number of likely N-dealkylation sites (tertiary alicyclic amines) is 1. The fraction of sp³-hybridized carbons (Fsp3) is 0.792. The van der Waals surface area contributed by atoms with E-state index in [1.165, 1.54) is 4.88 Å². The zero-order valence-electron chi connectivity index (χ0n) is 20.1. The Bertz CT molecular complexity index is 865. The molecule has 6 atom stereocenters. The Hall–Kier alpha value is -1.51. The maximum Gasteiger partial charge on any atom is 0.240 e. The van der Waals surface area contributed by atoms with E-state index in [9.17, 15) is 14.7 Å². The van der Waals surface area contributed by atoms with Gasteiger partial charge in [-0.3, -0.25) is 9.59 Å². The zero-order valence-corrected chi connectivity index (χ0v) is 20.9. The molecule has 3 aliphatic rings. The van der Waals surface area contributed by atoms with Crippen LogP contribution in [0.25, 0.3) is 0 Å². The van der Waals surface area contributed by atoms with Gasteiger partial charge < -0.3 is 20.2 Å². The summed E-state index contributed by atoms with van der Waals surface area (Å²) >= 11 is 1.57. The number of anilines is 1. The predicted octanol–water partition coefficient (Wildman–Crippen LogP) is 2.95. The molecule has 0 aromatic carbocycles. The van der Waals surface area contributed by atoms with Crippen LogP contribution in [-0.2, 0) is 16.0 Å². The molecule has 7 nitrogen and oxygen atoms in total. The third kappa shape index (κ3) is 4.33. The van der Waals surface area contributed by atoms with Crippen LogP contribution in [0.3, 0.4) is 0 Å². The number of hydrogen-bond acceptors (Lipinski definition) is 6. The van der Waals surface area contributed by atoms with E-state index in [4.69, 9.17) is 4.98 Å². The van der Waals surface area contributed by atoms with Gasteiger partial charge in [-0.2, -0.15) is 0 Å². The van der Waals surface area contributed by atoms with Crippen molar-refractivity contribution in [1.29, 1.82) is 0 Å². The molecule has 1 saturated carbocycles. The Morgan fingerprint density at radius 1 is 1.34 bits per heavy atom. The number of aromatic nitrogens is 1. The van der Waals surface area contributed by atoms with Crippen molar-refractivity contribution in [3.63, 3.8) is 0 Å². The van der Waals surface area contributed by atoms with Gasteiger partial charge in [-0.05, 0) is 63.5 Å². The number of amides is 2. The number of thiazole rings is 1. The number of hydrogen-bond donors (Lipinski definition) is 2. The number of fused-ring (bicyclic) bond motifs is 2. The summed E-state index contributed by atoms with van der Waals surface area (Å²) in [6.07, 6.45) is 4.40. The summed E-state index contributed by atoms with van der Waals surface area (Å²) < 4.78 is 0. The van der Waals surface area contributed by atoms with Crippen molar-refractivity contribution in [3.05, 3.63) is 10.6 Å². The lowest BCUT2D eigenvalue weighted by Crippen LogP contribution is -2.53. The highest BCUT2D eigenvalue weighted by Crippen LogP contribution is 2.57. The zero-order chi connectivity index (χ0) is 23.2. The van der Waals surface area contributed by atoms with Gasteiger partial charge in [0.1, 0.15) is 0 Å². The van der Waals surface area contributed by atoms with Gasteiger partial charge in [0.2, 0.25) is 11.8 Å². The maximum atomic E-state index is 13.1. The first kappa shape index (κ1) is 23.6. The molecule has 2 heterocycles. The molecule has 1 aromatic heterocycles. The molecule has 0 unspecified atom stereocenters. The molecule has 8 heteroatoms. The summed E-state index contributed by atoms with van der Waals surface area (Å²) in [5, 5.41) is 15.2. The average molecular weight is 463 g/mol. The number of aliphatic hydroxyl groups is 1. The van der Waals surface area contributed by atoms with Crippen molar-refractivity contribution in [2.45, 2.75) is 64.9 Å². The number of carbonyl (C=O) groups excluding carboxylic acids is 2. The van der Waals surface area contributed by atoms with E-state index >= 15 is 0 Å². The van der Waals surface area contributed by atoms with Crippen LogP contribution in [-0.4, -0.2) is 71.5 Å². The minimum atomic E-state index is -0.521. The molecule has 1 aliphatic heterocycles. The van der Waals surface area contributed by atoms with E-state index in [-0.39, 0.29) is 40.9 Å². The second-order valence-corrected chi connectivity index (χ2v) is 11.9. The summed E-state index contributed by atoms with van der Waals surface area (Å²) in [7, 11) is 3.74. The van der Waals surface area contributed by atoms with Crippen LogP contribution in [0.15, 0.2) is 0 Å². The van der Waals surface area contributed by atoms with Crippen LogP contribution in [0.2, 0.25) is 0 Å². The molecular formula is C24H38N4O3S. The average Bonchev–Trinajstić information content (AvgIpc) is 3.36. The van der Waals surface area contributed by atoms with Gasteiger partial charge in [0.05, 0.1) is 18.3 Å². The van der Waals surface area contributed by atoms with Crippen molar-refractivity contribution >= 4 is 28.3 Å². The Labute approximate surface area is 195 Å². The first-order valence-corrected chi connectivity index (χ1v) is 12.8. The quantitative estimate of drug-likeness (QED) is 0.703. The number of aliphatic hydroxyl groups excluding tert-OH is 1. The predicted molar refractivity (Wildman–Crippen MR) is 127 cm³/mol. The Balaban J connectivity index is 1.53. The maximum absolute atomic E-state index is 13.1. The second-order valence-electron chi connectivity index (χ2n) is 10.8. The number of carbonyl (C=O) groups is 2. The lowest BCUT2D eigenvalue weighted by molar-refractivity contribution is -0.143. The molecule has 4 rings (SSSR count). The molecule has 1 aromatic rings. The van der Waals surface area contributed by atoms with Crippen LogP contribution in [0, 0.1) is 23.2 Å². The Morgan fingerprint density at radius 2 is 2.03 bits per heavy atom. The fourth-order valence-electron chi connectivity index (χ4n) is 6.45. The van der Waals surface area contributed by atoms with Gasteiger partial charge in [0, 0.05) is 29.8 Å². The largest absolute Gasteiger partial charge is 0.392 e. The minimum Gasteiger partial charge on any atom is -0.392 e. The van der Waals surface area contributed by atoms with Crippen molar-refractivity contribution < 1.29 is 14.7 Å². The van der Waals surface area contributed by atoms with Crippen molar-refractivity contribution in [1.82, 2.24) is 14.8 Å². The number of nitrogens with zero attached hydrogens (tertiary/aromatic N) is 3. The first-order chi connectivity index (χ1) is 15.1. The van der Waals surface area contributed by atoms with E-state index in [1.807, 2.05) is 30.8 Å². The van der Waals surface area contributed by atoms with E-state index in [0.717, 1.165) is 50.9 Å². The topological polar surface area (TPSA) is 85.8 Å². The third-order valence-corrected chi connectivity index (χ3v) is 9.06. The SMILES string of the molecule is C[C@H](C(=O)N1CCCC1)[C@H]1CC[C@@]2(C)Cc3sc(NC(=O)CN(C)C)nc3[C@@H](C)[C@@H]2[C@H]1O. The van der Waals surface area contributed by atoms with Crippen LogP contribution >= 0.6 is 11.3 Å². The fourth-order valence-corrected chi connectivity index (χ4v) is 7.73. The normalized spacial score (nSPS) is 33.0. The smallest absolute Gasteiger partial charge is 0.240 e. The van der Waals surface area contributed by atoms with Gasteiger partial charge in [-0.15, -0.1) is 11.3 Å². The highest BCUT2D eigenvalue weighted by Gasteiger charge is 2.54. The minimum absolute atomic E-state index is 0.0110. The lowest BCUT2D eigenvalue weighted by Gasteiger charge is -2.53. The summed E-state index contributed by atoms with van der Waals surface area (Å²) in [5.41, 5.74) is 0.992. The molecule has 2 fully saturated rings. The van der Waals surface area contributed by atoms with Crippen LogP contribution < -0.4 is 5.32 Å². The molecule has 178 valence electrons. The molecule has 2 amide bonds. The van der Waals surface area contributed by atoms with Gasteiger partial charge >= 0.3 is 0 Å². The second kappa shape index (κ2) is 9.03. The lowest BCUT2D eigenvalue weighted by atomic mass is 9.53. The van der Waals surface area contributed by atoms with E-state index in [2.05, 4.69) is 19.2 Å². The standard InChI is InChI=1S/C24H38N4O3S/c1-14(22(31)28-10-6-7-11-28)16-8-9-24(3)12-17-20(15(2)19(24)21(16)30)26-23(32-17)25-18(29)13-27(4)5/h14-16,19,21,30H,6-13H2,1-5H3,(H,25,26,29)/t14-,15-,16+,19+,21-,24-/m0/s1. The highest BCUT2D eigenvalue weighted by molar-refractivity contribution is 7.15. The molecule has 2 N–H and O–H groups in total. The summed E-state index contributed by atoms with van der Waals surface area (Å²) in [6, 6.07) is 0. The van der Waals surface area contributed by atoms with Crippen LogP contribution in [0.4, 0.5) is 5.13 Å². The molecule has 0 spiro atoms. The Morgan fingerprint density at radius 3 is 2.69 bits per heavy atom.